The lowest BCUT2D eigenvalue weighted by molar-refractivity contribution is -0.144. The van der Waals surface area contributed by atoms with Gasteiger partial charge in [0.25, 0.3) is 0 Å². The molecule has 0 saturated heterocycles. The summed E-state index contributed by atoms with van der Waals surface area (Å²) in [6.45, 7) is 5.59. The summed E-state index contributed by atoms with van der Waals surface area (Å²) >= 11 is 2.18. The molecule has 1 aromatic rings. The number of methoxy groups -OCH3 is 1. The Kier molecular flexibility index (Phi) is 6.15. The van der Waals surface area contributed by atoms with Gasteiger partial charge in [0.1, 0.15) is 11.6 Å². The molecule has 0 saturated carbocycles. The minimum absolute atomic E-state index is 0.246. The van der Waals surface area contributed by atoms with E-state index in [9.17, 15) is 14.4 Å². The number of likely N-dealkylation sites (N-methyl/N-ethyl adjacent to an activating group) is 1. The number of benzene rings is 1. The number of nitrogens with zero attached hydrogens (tertiary/aromatic N) is 2. The molecule has 142 valence electrons. The molecule has 1 atom stereocenters. The van der Waals surface area contributed by atoms with E-state index in [2.05, 4.69) is 22.6 Å². The van der Waals surface area contributed by atoms with Gasteiger partial charge in [0.05, 0.1) is 19.2 Å². The summed E-state index contributed by atoms with van der Waals surface area (Å²) in [6, 6.07) is 4.51. The molecule has 0 bridgehead atoms. The van der Waals surface area contributed by atoms with E-state index in [1.807, 2.05) is 12.1 Å². The van der Waals surface area contributed by atoms with Crippen molar-refractivity contribution in [2.24, 2.45) is 0 Å². The Hall–Kier alpha value is -1.84. The second-order valence-electron chi connectivity index (χ2n) is 7.11. The SMILES string of the molecule is COC(=O)CC1C(=O)N(C)Cc2cc(I)ccc2N1C(=O)OC(C)(C)C. The van der Waals surface area contributed by atoms with E-state index in [0.29, 0.717) is 12.2 Å². The molecule has 2 rings (SSSR count). The minimum atomic E-state index is -1.02. The van der Waals surface area contributed by atoms with Crippen molar-refractivity contribution < 1.29 is 23.9 Å². The molecule has 2 amide bonds. The molecule has 1 heterocycles. The van der Waals surface area contributed by atoms with Gasteiger partial charge < -0.3 is 14.4 Å². The normalized spacial score (nSPS) is 17.5. The van der Waals surface area contributed by atoms with Crippen molar-refractivity contribution in [3.05, 3.63) is 27.3 Å². The van der Waals surface area contributed by atoms with E-state index in [4.69, 9.17) is 9.47 Å². The molecule has 0 fully saturated rings. The van der Waals surface area contributed by atoms with Crippen LogP contribution in [0.5, 0.6) is 0 Å². The lowest BCUT2D eigenvalue weighted by Crippen LogP contribution is -2.51. The third-order valence-corrected chi connectivity index (χ3v) is 4.53. The first-order chi connectivity index (χ1) is 12.0. The molecule has 26 heavy (non-hydrogen) atoms. The van der Waals surface area contributed by atoms with Crippen molar-refractivity contribution in [1.29, 1.82) is 0 Å². The Morgan fingerprint density at radius 1 is 1.31 bits per heavy atom. The number of hydrogen-bond donors (Lipinski definition) is 0. The largest absolute Gasteiger partial charge is 0.469 e. The van der Waals surface area contributed by atoms with E-state index in [-0.39, 0.29) is 12.3 Å². The molecular weight excluding hydrogens is 451 g/mol. The molecule has 0 spiro atoms. The molecule has 7 nitrogen and oxygen atoms in total. The van der Waals surface area contributed by atoms with Crippen LogP contribution in [0.2, 0.25) is 0 Å². The fourth-order valence-corrected chi connectivity index (χ4v) is 3.29. The smallest absolute Gasteiger partial charge is 0.415 e. The maximum absolute atomic E-state index is 12.9. The van der Waals surface area contributed by atoms with Crippen molar-refractivity contribution in [2.75, 3.05) is 19.1 Å². The zero-order valence-corrected chi connectivity index (χ0v) is 17.7. The second kappa shape index (κ2) is 7.81. The molecule has 0 radical (unpaired) electrons. The minimum Gasteiger partial charge on any atom is -0.469 e. The Balaban J connectivity index is 2.57. The van der Waals surface area contributed by atoms with Crippen molar-refractivity contribution in [3.63, 3.8) is 0 Å². The molecule has 1 unspecified atom stereocenters. The molecule has 0 N–H and O–H groups in total. The fourth-order valence-electron chi connectivity index (χ4n) is 2.74. The average Bonchev–Trinajstić information content (AvgIpc) is 2.62. The lowest BCUT2D eigenvalue weighted by atomic mass is 10.1. The van der Waals surface area contributed by atoms with Crippen LogP contribution in [-0.2, 0) is 25.6 Å². The topological polar surface area (TPSA) is 76.2 Å². The summed E-state index contributed by atoms with van der Waals surface area (Å²) in [7, 11) is 2.90. The van der Waals surface area contributed by atoms with Gasteiger partial charge in [0.15, 0.2) is 0 Å². The molecule has 0 aromatic heterocycles. The zero-order valence-electron chi connectivity index (χ0n) is 15.5. The first-order valence-electron chi connectivity index (χ1n) is 8.16. The first-order valence-corrected chi connectivity index (χ1v) is 9.24. The quantitative estimate of drug-likeness (QED) is 0.487. The summed E-state index contributed by atoms with van der Waals surface area (Å²) in [4.78, 5) is 40.5. The highest BCUT2D eigenvalue weighted by molar-refractivity contribution is 14.1. The summed E-state index contributed by atoms with van der Waals surface area (Å²) in [5.74, 6) is -0.910. The average molecular weight is 474 g/mol. The fraction of sp³-hybridized carbons (Fsp3) is 0.500. The Bertz CT molecular complexity index is 729. The van der Waals surface area contributed by atoms with Crippen molar-refractivity contribution >= 4 is 46.2 Å². The number of ether oxygens (including phenoxy) is 2. The number of rotatable bonds is 2. The molecule has 1 aliphatic rings. The standard InChI is InChI=1S/C18H23IN2O5/c1-18(2,3)26-17(24)21-13-7-6-12(19)8-11(13)10-20(4)16(23)14(21)9-15(22)25-5/h6-8,14H,9-10H2,1-5H3. The Morgan fingerprint density at radius 3 is 2.54 bits per heavy atom. The van der Waals surface area contributed by atoms with E-state index < -0.39 is 23.7 Å². The van der Waals surface area contributed by atoms with Crippen molar-refractivity contribution in [3.8, 4) is 0 Å². The van der Waals surface area contributed by atoms with E-state index in [0.717, 1.165) is 9.13 Å². The van der Waals surface area contributed by atoms with Crippen LogP contribution in [0.3, 0.4) is 0 Å². The van der Waals surface area contributed by atoms with Crippen LogP contribution in [-0.4, -0.2) is 48.7 Å². The van der Waals surface area contributed by atoms with Crippen LogP contribution < -0.4 is 4.90 Å². The number of carbonyl (C=O) groups excluding carboxylic acids is 3. The first kappa shape index (κ1) is 20.5. The van der Waals surface area contributed by atoms with Crippen LogP contribution >= 0.6 is 22.6 Å². The number of anilines is 1. The highest BCUT2D eigenvalue weighted by Gasteiger charge is 2.40. The lowest BCUT2D eigenvalue weighted by Gasteiger charge is -2.32. The predicted octanol–water partition coefficient (Wildman–Crippen LogP) is 2.94. The van der Waals surface area contributed by atoms with Gasteiger partial charge in [0, 0.05) is 17.2 Å². The van der Waals surface area contributed by atoms with Crippen LogP contribution in [0.1, 0.15) is 32.8 Å². The van der Waals surface area contributed by atoms with Gasteiger partial charge in [-0.25, -0.2) is 4.79 Å². The van der Waals surface area contributed by atoms with E-state index in [1.54, 1.807) is 33.9 Å². The number of halogens is 1. The summed E-state index contributed by atoms with van der Waals surface area (Å²) in [6.07, 6.45) is -0.915. The number of fused-ring (bicyclic) bond motifs is 1. The highest BCUT2D eigenvalue weighted by atomic mass is 127. The maximum Gasteiger partial charge on any atom is 0.415 e. The Labute approximate surface area is 166 Å². The summed E-state index contributed by atoms with van der Waals surface area (Å²) in [5.41, 5.74) is 0.634. The number of carbonyl (C=O) groups is 3. The molecule has 8 heteroatoms. The van der Waals surface area contributed by atoms with Crippen molar-refractivity contribution in [1.82, 2.24) is 4.90 Å². The summed E-state index contributed by atoms with van der Waals surface area (Å²) < 4.78 is 11.2. The van der Waals surface area contributed by atoms with Gasteiger partial charge in [0.2, 0.25) is 5.91 Å². The third-order valence-electron chi connectivity index (χ3n) is 3.86. The maximum atomic E-state index is 12.9. The molecule has 1 aromatic carbocycles. The van der Waals surface area contributed by atoms with Gasteiger partial charge in [-0.1, -0.05) is 0 Å². The van der Waals surface area contributed by atoms with Gasteiger partial charge in [-0.2, -0.15) is 0 Å². The highest BCUT2D eigenvalue weighted by Crippen LogP contribution is 2.32. The Morgan fingerprint density at radius 2 is 1.96 bits per heavy atom. The van der Waals surface area contributed by atoms with Crippen LogP contribution in [0.4, 0.5) is 10.5 Å². The monoisotopic (exact) mass is 474 g/mol. The van der Waals surface area contributed by atoms with Gasteiger partial charge in [-0.3, -0.25) is 14.5 Å². The van der Waals surface area contributed by atoms with Crippen molar-refractivity contribution in [2.45, 2.75) is 45.4 Å². The number of esters is 1. The van der Waals surface area contributed by atoms with Crippen LogP contribution in [0.25, 0.3) is 0 Å². The van der Waals surface area contributed by atoms with E-state index >= 15 is 0 Å². The number of amides is 2. The zero-order chi connectivity index (χ0) is 19.6. The van der Waals surface area contributed by atoms with E-state index in [1.165, 1.54) is 16.9 Å². The molecular formula is C18H23IN2O5. The molecule has 1 aliphatic heterocycles. The van der Waals surface area contributed by atoms with Gasteiger partial charge in [-0.05, 0) is 67.1 Å². The second-order valence-corrected chi connectivity index (χ2v) is 8.36. The third kappa shape index (κ3) is 4.66. The van der Waals surface area contributed by atoms with Crippen LogP contribution in [0, 0.1) is 3.57 Å². The summed E-state index contributed by atoms with van der Waals surface area (Å²) in [5, 5.41) is 0. The predicted molar refractivity (Wildman–Crippen MR) is 105 cm³/mol. The molecule has 0 aliphatic carbocycles. The number of hydrogen-bond acceptors (Lipinski definition) is 5. The van der Waals surface area contributed by atoms with Gasteiger partial charge in [-0.15, -0.1) is 0 Å². The van der Waals surface area contributed by atoms with Gasteiger partial charge >= 0.3 is 12.1 Å². The van der Waals surface area contributed by atoms with Crippen LogP contribution in [0.15, 0.2) is 18.2 Å².